The Balaban J connectivity index is 1.04. The fourth-order valence-electron chi connectivity index (χ4n) is 5.09. The molecule has 2 heterocycles. The SMILES string of the molecule is O=Cc1cn(CCCCCCCCCCCCn2cc(C=O)c3ccccc32)c2ccccc12. The summed E-state index contributed by atoms with van der Waals surface area (Å²) in [6, 6.07) is 16.3. The highest BCUT2D eigenvalue weighted by molar-refractivity contribution is 5.98. The first-order chi connectivity index (χ1) is 16.8. The molecule has 0 saturated heterocycles. The first-order valence-electron chi connectivity index (χ1n) is 12.9. The zero-order valence-electron chi connectivity index (χ0n) is 20.1. The minimum Gasteiger partial charge on any atom is -0.347 e. The average Bonchev–Trinajstić information content (AvgIpc) is 3.42. The maximum absolute atomic E-state index is 11.3. The fourth-order valence-corrected chi connectivity index (χ4v) is 5.09. The summed E-state index contributed by atoms with van der Waals surface area (Å²) < 4.78 is 4.46. The van der Waals surface area contributed by atoms with Gasteiger partial charge in [-0.15, -0.1) is 0 Å². The summed E-state index contributed by atoms with van der Waals surface area (Å²) >= 11 is 0. The van der Waals surface area contributed by atoms with Crippen LogP contribution in [0.5, 0.6) is 0 Å². The summed E-state index contributed by atoms with van der Waals surface area (Å²) in [5.74, 6) is 0. The molecular weight excluding hydrogens is 420 g/mol. The van der Waals surface area contributed by atoms with Gasteiger partial charge in [0.05, 0.1) is 0 Å². The van der Waals surface area contributed by atoms with Crippen molar-refractivity contribution in [3.05, 3.63) is 72.1 Å². The predicted molar refractivity (Wildman–Crippen MR) is 141 cm³/mol. The molecule has 0 saturated carbocycles. The van der Waals surface area contributed by atoms with Gasteiger partial charge >= 0.3 is 0 Å². The van der Waals surface area contributed by atoms with E-state index in [0.29, 0.717) is 0 Å². The van der Waals surface area contributed by atoms with E-state index in [1.165, 1.54) is 62.4 Å². The van der Waals surface area contributed by atoms with Crippen molar-refractivity contribution in [1.29, 1.82) is 0 Å². The lowest BCUT2D eigenvalue weighted by molar-refractivity contribution is 0.111. The van der Waals surface area contributed by atoms with Gasteiger partial charge in [0.2, 0.25) is 0 Å². The van der Waals surface area contributed by atoms with Crippen molar-refractivity contribution in [2.75, 3.05) is 0 Å². The van der Waals surface area contributed by atoms with E-state index in [1.54, 1.807) is 0 Å². The Morgan fingerprint density at radius 3 is 1.24 bits per heavy atom. The van der Waals surface area contributed by atoms with Crippen molar-refractivity contribution < 1.29 is 9.59 Å². The number of unbranched alkanes of at least 4 members (excludes halogenated alkanes) is 9. The number of hydrogen-bond donors (Lipinski definition) is 0. The first-order valence-corrected chi connectivity index (χ1v) is 12.9. The smallest absolute Gasteiger partial charge is 0.152 e. The molecule has 0 aliphatic heterocycles. The van der Waals surface area contributed by atoms with Gasteiger partial charge in [-0.2, -0.15) is 0 Å². The Morgan fingerprint density at radius 2 is 0.853 bits per heavy atom. The first kappa shape index (κ1) is 24.0. The van der Waals surface area contributed by atoms with E-state index in [9.17, 15) is 9.59 Å². The van der Waals surface area contributed by atoms with Gasteiger partial charge < -0.3 is 9.13 Å². The second-order valence-electron chi connectivity index (χ2n) is 9.36. The second-order valence-corrected chi connectivity index (χ2v) is 9.36. The number of nitrogens with zero attached hydrogens (tertiary/aromatic N) is 2. The van der Waals surface area contributed by atoms with Gasteiger partial charge in [0.1, 0.15) is 0 Å². The normalized spacial score (nSPS) is 11.4. The van der Waals surface area contributed by atoms with E-state index in [1.807, 2.05) is 48.8 Å². The Labute approximate surface area is 202 Å². The molecule has 34 heavy (non-hydrogen) atoms. The van der Waals surface area contributed by atoms with Crippen molar-refractivity contribution >= 4 is 34.4 Å². The molecule has 4 nitrogen and oxygen atoms in total. The van der Waals surface area contributed by atoms with Crippen LogP contribution in [0, 0.1) is 0 Å². The van der Waals surface area contributed by atoms with Crippen LogP contribution in [0.15, 0.2) is 60.9 Å². The van der Waals surface area contributed by atoms with Crippen LogP contribution in [0.3, 0.4) is 0 Å². The second kappa shape index (κ2) is 12.4. The number of rotatable bonds is 15. The molecule has 178 valence electrons. The van der Waals surface area contributed by atoms with Crippen molar-refractivity contribution in [2.45, 2.75) is 77.3 Å². The number of aldehydes is 2. The molecule has 0 aliphatic rings. The van der Waals surface area contributed by atoms with E-state index in [-0.39, 0.29) is 0 Å². The van der Waals surface area contributed by atoms with E-state index < -0.39 is 0 Å². The van der Waals surface area contributed by atoms with Gasteiger partial charge in [-0.05, 0) is 25.0 Å². The molecule has 4 rings (SSSR count). The van der Waals surface area contributed by atoms with Gasteiger partial charge in [0.25, 0.3) is 0 Å². The largest absolute Gasteiger partial charge is 0.347 e. The highest BCUT2D eigenvalue weighted by Gasteiger charge is 2.07. The maximum Gasteiger partial charge on any atom is 0.152 e. The van der Waals surface area contributed by atoms with E-state index >= 15 is 0 Å². The Kier molecular flexibility index (Phi) is 8.72. The van der Waals surface area contributed by atoms with Gasteiger partial charge in [0, 0.05) is 58.4 Å². The average molecular weight is 457 g/mol. The lowest BCUT2D eigenvalue weighted by atomic mass is 10.1. The Bertz CT molecular complexity index is 1120. The molecule has 2 aromatic carbocycles. The molecule has 0 radical (unpaired) electrons. The van der Waals surface area contributed by atoms with Gasteiger partial charge in [-0.1, -0.05) is 87.8 Å². The summed E-state index contributed by atoms with van der Waals surface area (Å²) in [6.45, 7) is 1.97. The van der Waals surface area contributed by atoms with Crippen molar-refractivity contribution in [3.8, 4) is 0 Å². The van der Waals surface area contributed by atoms with Crippen LogP contribution in [0.2, 0.25) is 0 Å². The molecule has 0 fully saturated rings. The summed E-state index contributed by atoms with van der Waals surface area (Å²) in [5, 5.41) is 2.12. The van der Waals surface area contributed by atoms with E-state index in [2.05, 4.69) is 21.3 Å². The third kappa shape index (κ3) is 5.85. The summed E-state index contributed by atoms with van der Waals surface area (Å²) in [5.41, 5.74) is 3.92. The zero-order valence-corrected chi connectivity index (χ0v) is 20.1. The topological polar surface area (TPSA) is 44.0 Å². The molecule has 0 aliphatic carbocycles. The van der Waals surface area contributed by atoms with Crippen molar-refractivity contribution in [3.63, 3.8) is 0 Å². The number of benzene rings is 2. The van der Waals surface area contributed by atoms with Crippen LogP contribution in [-0.4, -0.2) is 21.7 Å². The molecule has 2 aromatic heterocycles. The summed E-state index contributed by atoms with van der Waals surface area (Å²) in [6.07, 6.45) is 18.6. The number of fused-ring (bicyclic) bond motifs is 2. The van der Waals surface area contributed by atoms with Crippen molar-refractivity contribution in [2.24, 2.45) is 0 Å². The lowest BCUT2D eigenvalue weighted by Gasteiger charge is -2.06. The molecule has 0 atom stereocenters. The van der Waals surface area contributed by atoms with Crippen LogP contribution in [0.4, 0.5) is 0 Å². The standard InChI is InChI=1S/C30H36N2O2/c33-23-25-21-31(29-17-11-9-15-27(25)29)19-13-7-5-3-1-2-4-6-8-14-20-32-22-26(24-34)28-16-10-12-18-30(28)32/h9-12,15-18,21-24H,1-8,13-14,19-20H2. The number of para-hydroxylation sites is 2. The van der Waals surface area contributed by atoms with Gasteiger partial charge in [-0.25, -0.2) is 0 Å². The Hall–Kier alpha value is -3.14. The minimum atomic E-state index is 0.794. The molecule has 4 aromatic rings. The number of carbonyl (C=O) groups is 2. The van der Waals surface area contributed by atoms with Crippen LogP contribution in [0.25, 0.3) is 21.8 Å². The fraction of sp³-hybridized carbons (Fsp3) is 0.400. The predicted octanol–water partition coefficient (Wildman–Crippen LogP) is 7.82. The van der Waals surface area contributed by atoms with Gasteiger partial charge in [-0.3, -0.25) is 9.59 Å². The molecular formula is C30H36N2O2. The third-order valence-corrected chi connectivity index (χ3v) is 6.94. The number of carbonyl (C=O) groups excluding carboxylic acids is 2. The minimum absolute atomic E-state index is 0.794. The van der Waals surface area contributed by atoms with Crippen LogP contribution in [-0.2, 0) is 13.1 Å². The van der Waals surface area contributed by atoms with Crippen LogP contribution >= 0.6 is 0 Å². The van der Waals surface area contributed by atoms with E-state index in [0.717, 1.165) is 60.4 Å². The number of aromatic nitrogens is 2. The van der Waals surface area contributed by atoms with Gasteiger partial charge in [0.15, 0.2) is 12.6 Å². The molecule has 4 heteroatoms. The molecule has 0 unspecified atom stereocenters. The quantitative estimate of drug-likeness (QED) is 0.135. The van der Waals surface area contributed by atoms with Crippen LogP contribution < -0.4 is 0 Å². The molecule has 0 spiro atoms. The third-order valence-electron chi connectivity index (χ3n) is 6.94. The maximum atomic E-state index is 11.3. The highest BCUT2D eigenvalue weighted by atomic mass is 16.1. The molecule has 0 N–H and O–H groups in total. The zero-order chi connectivity index (χ0) is 23.6. The molecule has 0 bridgehead atoms. The van der Waals surface area contributed by atoms with E-state index in [4.69, 9.17) is 0 Å². The molecule has 0 amide bonds. The summed E-state index contributed by atoms with van der Waals surface area (Å²) in [4.78, 5) is 22.6. The summed E-state index contributed by atoms with van der Waals surface area (Å²) in [7, 11) is 0. The Morgan fingerprint density at radius 1 is 0.500 bits per heavy atom. The highest BCUT2D eigenvalue weighted by Crippen LogP contribution is 2.22. The lowest BCUT2D eigenvalue weighted by Crippen LogP contribution is -1.96. The van der Waals surface area contributed by atoms with Crippen LogP contribution in [0.1, 0.15) is 84.9 Å². The monoisotopic (exact) mass is 456 g/mol. The van der Waals surface area contributed by atoms with Crippen molar-refractivity contribution in [1.82, 2.24) is 9.13 Å². The number of aryl methyl sites for hydroxylation is 2. The number of hydrogen-bond acceptors (Lipinski definition) is 2.